The van der Waals surface area contributed by atoms with Crippen molar-refractivity contribution in [3.8, 4) is 0 Å². The number of halogens is 1. The number of anilines is 1. The monoisotopic (exact) mass is 396 g/mol. The summed E-state index contributed by atoms with van der Waals surface area (Å²) in [6.45, 7) is 5.68. The molecule has 1 aliphatic rings. The van der Waals surface area contributed by atoms with Gasteiger partial charge in [-0.1, -0.05) is 42.5 Å². The summed E-state index contributed by atoms with van der Waals surface area (Å²) in [6.07, 6.45) is 0.958. The van der Waals surface area contributed by atoms with Crippen molar-refractivity contribution in [2.75, 3.05) is 31.6 Å². The molecule has 2 atom stereocenters. The largest absolute Gasteiger partial charge is 0.379 e. The van der Waals surface area contributed by atoms with Gasteiger partial charge in [-0.05, 0) is 42.6 Å². The van der Waals surface area contributed by atoms with E-state index in [9.17, 15) is 0 Å². The first-order chi connectivity index (χ1) is 13.7. The van der Waals surface area contributed by atoms with Gasteiger partial charge in [0.25, 0.3) is 0 Å². The summed E-state index contributed by atoms with van der Waals surface area (Å²) in [5, 5.41) is 4.82. The minimum atomic E-state index is 0.211. The van der Waals surface area contributed by atoms with Crippen LogP contribution >= 0.6 is 11.6 Å². The molecule has 1 saturated heterocycles. The second-order valence-electron chi connectivity index (χ2n) is 7.21. The van der Waals surface area contributed by atoms with Crippen molar-refractivity contribution in [2.24, 2.45) is 0 Å². The van der Waals surface area contributed by atoms with Crippen LogP contribution in [0.25, 0.3) is 10.9 Å². The van der Waals surface area contributed by atoms with Gasteiger partial charge in [0.1, 0.15) is 5.82 Å². The van der Waals surface area contributed by atoms with Crippen molar-refractivity contribution >= 4 is 28.3 Å². The SMILES string of the molecule is CC(CC(c1ccccc1)N1CCOCC1)Nc1nc(Cl)nc2ccccc12. The van der Waals surface area contributed by atoms with Crippen LogP contribution < -0.4 is 5.32 Å². The number of para-hydroxylation sites is 1. The molecule has 5 nitrogen and oxygen atoms in total. The maximum Gasteiger partial charge on any atom is 0.224 e. The quantitative estimate of drug-likeness (QED) is 0.619. The number of ether oxygens (including phenoxy) is 1. The van der Waals surface area contributed by atoms with Crippen molar-refractivity contribution in [1.82, 2.24) is 14.9 Å². The number of nitrogens with one attached hydrogen (secondary N) is 1. The van der Waals surface area contributed by atoms with Crippen molar-refractivity contribution in [2.45, 2.75) is 25.4 Å². The van der Waals surface area contributed by atoms with Gasteiger partial charge < -0.3 is 10.1 Å². The third-order valence-corrected chi connectivity index (χ3v) is 5.38. The lowest BCUT2D eigenvalue weighted by Crippen LogP contribution is -2.40. The molecule has 4 rings (SSSR count). The van der Waals surface area contributed by atoms with Crippen LogP contribution in [0.2, 0.25) is 5.28 Å². The van der Waals surface area contributed by atoms with Gasteiger partial charge >= 0.3 is 0 Å². The maximum absolute atomic E-state index is 6.15. The van der Waals surface area contributed by atoms with Crippen LogP contribution in [0.3, 0.4) is 0 Å². The number of benzene rings is 2. The summed E-state index contributed by atoms with van der Waals surface area (Å²) < 4.78 is 5.56. The van der Waals surface area contributed by atoms with Crippen LogP contribution in [0.4, 0.5) is 5.82 Å². The van der Waals surface area contributed by atoms with Crippen LogP contribution in [0, 0.1) is 0 Å². The Morgan fingerprint density at radius 3 is 2.54 bits per heavy atom. The first-order valence-corrected chi connectivity index (χ1v) is 10.1. The fourth-order valence-electron chi connectivity index (χ4n) is 3.85. The van der Waals surface area contributed by atoms with Crippen LogP contribution in [0.1, 0.15) is 24.9 Å². The fourth-order valence-corrected chi connectivity index (χ4v) is 4.02. The van der Waals surface area contributed by atoms with E-state index >= 15 is 0 Å². The van der Waals surface area contributed by atoms with Gasteiger partial charge in [-0.3, -0.25) is 4.90 Å². The summed E-state index contributed by atoms with van der Waals surface area (Å²) in [6, 6.07) is 19.2. The van der Waals surface area contributed by atoms with Gasteiger partial charge in [-0.2, -0.15) is 0 Å². The van der Waals surface area contributed by atoms with Gasteiger partial charge in [0.2, 0.25) is 5.28 Å². The second kappa shape index (κ2) is 8.86. The van der Waals surface area contributed by atoms with Gasteiger partial charge in [0.15, 0.2) is 0 Å². The molecule has 3 aromatic rings. The van der Waals surface area contributed by atoms with E-state index in [-0.39, 0.29) is 11.3 Å². The van der Waals surface area contributed by atoms with E-state index < -0.39 is 0 Å². The Morgan fingerprint density at radius 1 is 1.04 bits per heavy atom. The zero-order valence-corrected chi connectivity index (χ0v) is 16.8. The zero-order chi connectivity index (χ0) is 19.3. The molecular weight excluding hydrogens is 372 g/mol. The fraction of sp³-hybridized carbons (Fsp3) is 0.364. The zero-order valence-electron chi connectivity index (χ0n) is 16.0. The highest BCUT2D eigenvalue weighted by Gasteiger charge is 2.24. The van der Waals surface area contributed by atoms with E-state index in [0.29, 0.717) is 6.04 Å². The number of fused-ring (bicyclic) bond motifs is 1. The standard InChI is InChI=1S/C22H25ClN4O/c1-16(24-21-18-9-5-6-10-19(18)25-22(23)26-21)15-20(17-7-3-2-4-8-17)27-11-13-28-14-12-27/h2-10,16,20H,11-15H2,1H3,(H,24,25,26). The van der Waals surface area contributed by atoms with Gasteiger partial charge in [0.05, 0.1) is 18.7 Å². The number of rotatable bonds is 6. The number of nitrogens with zero attached hydrogens (tertiary/aromatic N) is 3. The van der Waals surface area contributed by atoms with Gasteiger partial charge in [-0.15, -0.1) is 0 Å². The number of morpholine rings is 1. The molecule has 2 unspecified atom stereocenters. The Kier molecular flexibility index (Phi) is 6.05. The van der Waals surface area contributed by atoms with Crippen LogP contribution in [-0.2, 0) is 4.74 Å². The third kappa shape index (κ3) is 4.43. The average Bonchev–Trinajstić information content (AvgIpc) is 2.73. The van der Waals surface area contributed by atoms with E-state index in [1.807, 2.05) is 24.3 Å². The Morgan fingerprint density at radius 2 is 1.75 bits per heavy atom. The van der Waals surface area contributed by atoms with Crippen molar-refractivity contribution < 1.29 is 4.74 Å². The number of hydrogen-bond acceptors (Lipinski definition) is 5. The lowest BCUT2D eigenvalue weighted by Gasteiger charge is -2.36. The molecule has 28 heavy (non-hydrogen) atoms. The summed E-state index contributed by atoms with van der Waals surface area (Å²) in [7, 11) is 0. The molecule has 2 aromatic carbocycles. The lowest BCUT2D eigenvalue weighted by molar-refractivity contribution is 0.0135. The summed E-state index contributed by atoms with van der Waals surface area (Å²) >= 11 is 6.15. The van der Waals surface area contributed by atoms with Crippen LogP contribution in [0.5, 0.6) is 0 Å². The van der Waals surface area contributed by atoms with E-state index in [1.54, 1.807) is 0 Å². The molecule has 6 heteroatoms. The molecule has 1 N–H and O–H groups in total. The molecule has 1 aliphatic heterocycles. The molecular formula is C22H25ClN4O. The van der Waals surface area contributed by atoms with Crippen LogP contribution in [0.15, 0.2) is 54.6 Å². The summed E-state index contributed by atoms with van der Waals surface area (Å²) in [5.74, 6) is 0.789. The Balaban J connectivity index is 1.56. The topological polar surface area (TPSA) is 50.3 Å². The van der Waals surface area contributed by atoms with E-state index in [0.717, 1.165) is 49.4 Å². The minimum Gasteiger partial charge on any atom is -0.379 e. The molecule has 0 amide bonds. The molecule has 0 spiro atoms. The first kappa shape index (κ1) is 19.1. The predicted molar refractivity (Wildman–Crippen MR) is 114 cm³/mol. The molecule has 0 aliphatic carbocycles. The smallest absolute Gasteiger partial charge is 0.224 e. The third-order valence-electron chi connectivity index (χ3n) is 5.21. The van der Waals surface area contributed by atoms with E-state index in [1.165, 1.54) is 5.56 Å². The highest BCUT2D eigenvalue weighted by atomic mass is 35.5. The average molecular weight is 397 g/mol. The van der Waals surface area contributed by atoms with Gasteiger partial charge in [-0.25, -0.2) is 9.97 Å². The lowest BCUT2D eigenvalue weighted by atomic mass is 9.97. The maximum atomic E-state index is 6.15. The molecule has 2 heterocycles. The van der Waals surface area contributed by atoms with Gasteiger partial charge in [0, 0.05) is 30.6 Å². The van der Waals surface area contributed by atoms with Crippen molar-refractivity contribution in [3.63, 3.8) is 0 Å². The second-order valence-corrected chi connectivity index (χ2v) is 7.55. The van der Waals surface area contributed by atoms with Crippen LogP contribution in [-0.4, -0.2) is 47.2 Å². The Labute approximate surface area is 170 Å². The molecule has 1 aromatic heterocycles. The predicted octanol–water partition coefficient (Wildman–Crippen LogP) is 4.55. The van der Waals surface area contributed by atoms with Crippen molar-refractivity contribution in [3.05, 3.63) is 65.4 Å². The van der Waals surface area contributed by atoms with E-state index in [2.05, 4.69) is 57.4 Å². The highest BCUT2D eigenvalue weighted by molar-refractivity contribution is 6.28. The van der Waals surface area contributed by atoms with Crippen molar-refractivity contribution in [1.29, 1.82) is 0 Å². The summed E-state index contributed by atoms with van der Waals surface area (Å²) in [5.41, 5.74) is 2.19. The number of aromatic nitrogens is 2. The Hall–Kier alpha value is -2.21. The minimum absolute atomic E-state index is 0.211. The molecule has 0 saturated carbocycles. The van der Waals surface area contributed by atoms with E-state index in [4.69, 9.17) is 16.3 Å². The highest BCUT2D eigenvalue weighted by Crippen LogP contribution is 2.29. The Bertz CT molecular complexity index is 915. The summed E-state index contributed by atoms with van der Waals surface area (Å²) in [4.78, 5) is 11.3. The molecule has 1 fully saturated rings. The first-order valence-electron chi connectivity index (χ1n) is 9.76. The normalized spacial score (nSPS) is 17.4. The number of hydrogen-bond donors (Lipinski definition) is 1. The molecule has 146 valence electrons. The molecule has 0 bridgehead atoms. The molecule has 0 radical (unpaired) electrons.